The predicted octanol–water partition coefficient (Wildman–Crippen LogP) is 3.30. The molecule has 1 aromatic heterocycles. The Morgan fingerprint density at radius 1 is 1.32 bits per heavy atom. The van der Waals surface area contributed by atoms with Gasteiger partial charge in [0.1, 0.15) is 0 Å². The van der Waals surface area contributed by atoms with E-state index in [1.807, 2.05) is 11.7 Å². The lowest BCUT2D eigenvalue weighted by atomic mass is 9.86. The van der Waals surface area contributed by atoms with Crippen molar-refractivity contribution >= 4 is 22.8 Å². The highest BCUT2D eigenvalue weighted by molar-refractivity contribution is 6.02. The fraction of sp³-hybridized carbons (Fsp3) is 0.412. The largest absolute Gasteiger partial charge is 0.327 e. The van der Waals surface area contributed by atoms with Gasteiger partial charge < -0.3 is 5.32 Å². The number of carbonyl (C=O) groups excluding carboxylic acids is 1. The van der Waals surface area contributed by atoms with Crippen LogP contribution in [0.25, 0.3) is 10.9 Å². The number of anilines is 1. The molecule has 0 saturated carbocycles. The third kappa shape index (κ3) is 2.36. The van der Waals surface area contributed by atoms with E-state index in [0.29, 0.717) is 12.4 Å². The van der Waals surface area contributed by atoms with Crippen LogP contribution in [0.3, 0.4) is 0 Å². The minimum absolute atomic E-state index is 0.0822. The number of nitrogens with one attached hydrogen (secondary N) is 1. The molecule has 2 amide bonds. The molecule has 0 aliphatic carbocycles. The molecule has 1 saturated heterocycles. The molecule has 0 atom stereocenters. The van der Waals surface area contributed by atoms with Crippen molar-refractivity contribution in [3.63, 3.8) is 0 Å². The molecular formula is C17H22N4O. The first kappa shape index (κ1) is 14.6. The summed E-state index contributed by atoms with van der Waals surface area (Å²) in [5.41, 5.74) is 3.14. The third-order valence-corrected chi connectivity index (χ3v) is 4.12. The maximum Gasteiger partial charge on any atom is 0.327 e. The fourth-order valence-corrected chi connectivity index (χ4v) is 2.74. The number of aryl methyl sites for hydroxylation is 1. The lowest BCUT2D eigenvalue weighted by molar-refractivity contribution is 0.246. The molecular weight excluding hydrogens is 276 g/mol. The van der Waals surface area contributed by atoms with E-state index in [1.165, 1.54) is 5.56 Å². The van der Waals surface area contributed by atoms with Crippen molar-refractivity contribution in [2.75, 3.05) is 11.4 Å². The first-order chi connectivity index (χ1) is 10.3. The van der Waals surface area contributed by atoms with E-state index in [4.69, 9.17) is 0 Å². The topological polar surface area (TPSA) is 50.2 Å². The van der Waals surface area contributed by atoms with Crippen LogP contribution in [0.2, 0.25) is 0 Å². The Morgan fingerprint density at radius 2 is 2.05 bits per heavy atom. The molecule has 1 aromatic carbocycles. The van der Waals surface area contributed by atoms with Gasteiger partial charge in [-0.2, -0.15) is 5.10 Å². The zero-order chi connectivity index (χ0) is 16.1. The molecule has 0 radical (unpaired) electrons. The Morgan fingerprint density at radius 3 is 2.68 bits per heavy atom. The zero-order valence-corrected chi connectivity index (χ0v) is 13.6. The predicted molar refractivity (Wildman–Crippen MR) is 89.0 cm³/mol. The minimum Gasteiger partial charge on any atom is -0.312 e. The summed E-state index contributed by atoms with van der Waals surface area (Å²) >= 11 is 0. The van der Waals surface area contributed by atoms with Crippen molar-refractivity contribution in [3.05, 3.63) is 36.0 Å². The highest BCUT2D eigenvalue weighted by Crippen LogP contribution is 2.31. The van der Waals surface area contributed by atoms with E-state index in [0.717, 1.165) is 23.0 Å². The van der Waals surface area contributed by atoms with E-state index in [2.05, 4.69) is 56.0 Å². The first-order valence-electron chi connectivity index (χ1n) is 7.51. The molecule has 1 N–H and O–H groups in total. The molecule has 2 heterocycles. The highest BCUT2D eigenvalue weighted by Gasteiger charge is 2.26. The van der Waals surface area contributed by atoms with Gasteiger partial charge in [0.2, 0.25) is 0 Å². The number of fused-ring (bicyclic) bond motifs is 1. The van der Waals surface area contributed by atoms with E-state index in [-0.39, 0.29) is 11.4 Å². The van der Waals surface area contributed by atoms with Gasteiger partial charge in [-0.15, -0.1) is 0 Å². The molecule has 1 aliphatic rings. The number of hydrogen-bond acceptors (Lipinski definition) is 2. The Bertz CT molecular complexity index is 767. The number of hydrogen-bond donors (Lipinski definition) is 1. The van der Waals surface area contributed by atoms with Crippen molar-refractivity contribution < 1.29 is 4.79 Å². The molecule has 5 heteroatoms. The Labute approximate surface area is 130 Å². The van der Waals surface area contributed by atoms with Crippen LogP contribution in [0.1, 0.15) is 32.8 Å². The summed E-state index contributed by atoms with van der Waals surface area (Å²) in [6, 6.07) is 6.19. The molecule has 22 heavy (non-hydrogen) atoms. The van der Waals surface area contributed by atoms with Crippen LogP contribution in [-0.2, 0) is 12.5 Å². The van der Waals surface area contributed by atoms with E-state index < -0.39 is 0 Å². The number of amides is 2. The third-order valence-electron chi connectivity index (χ3n) is 4.12. The normalized spacial score (nSPS) is 16.3. The molecule has 116 valence electrons. The Kier molecular flexibility index (Phi) is 3.24. The number of urea groups is 1. The molecule has 1 fully saturated rings. The van der Waals surface area contributed by atoms with Gasteiger partial charge >= 0.3 is 6.03 Å². The van der Waals surface area contributed by atoms with Crippen molar-refractivity contribution in [1.82, 2.24) is 15.1 Å². The van der Waals surface area contributed by atoms with E-state index in [9.17, 15) is 4.79 Å². The monoisotopic (exact) mass is 298 g/mol. The van der Waals surface area contributed by atoms with Crippen molar-refractivity contribution in [2.24, 2.45) is 7.05 Å². The average molecular weight is 298 g/mol. The fourth-order valence-electron chi connectivity index (χ4n) is 2.74. The second-order valence-corrected chi connectivity index (χ2v) is 6.86. The molecule has 1 aliphatic heterocycles. The lowest BCUT2D eigenvalue weighted by Crippen LogP contribution is -2.45. The van der Waals surface area contributed by atoms with Crippen LogP contribution in [0.4, 0.5) is 10.6 Å². The van der Waals surface area contributed by atoms with Crippen molar-refractivity contribution in [2.45, 2.75) is 32.6 Å². The number of carbonyl (C=O) groups is 1. The van der Waals surface area contributed by atoms with Gasteiger partial charge in [-0.05, 0) is 23.1 Å². The van der Waals surface area contributed by atoms with Crippen LogP contribution < -0.4 is 10.2 Å². The summed E-state index contributed by atoms with van der Waals surface area (Å²) in [7, 11) is 1.92. The molecule has 3 rings (SSSR count). The SMILES string of the molecule is C=C1CCN(c2nn(C)c3cc(C(C)(C)C)ccc23)C(=O)N1. The second kappa shape index (κ2) is 4.87. The maximum absolute atomic E-state index is 12.2. The number of nitrogens with zero attached hydrogens (tertiary/aromatic N) is 3. The maximum atomic E-state index is 12.2. The van der Waals surface area contributed by atoms with Crippen LogP contribution in [-0.4, -0.2) is 22.4 Å². The van der Waals surface area contributed by atoms with Crippen LogP contribution in [0.15, 0.2) is 30.5 Å². The highest BCUT2D eigenvalue weighted by atomic mass is 16.2. The summed E-state index contributed by atoms with van der Waals surface area (Å²) in [5, 5.41) is 8.34. The van der Waals surface area contributed by atoms with Gasteiger partial charge in [-0.3, -0.25) is 9.58 Å². The van der Waals surface area contributed by atoms with Crippen LogP contribution in [0.5, 0.6) is 0 Å². The minimum atomic E-state index is -0.156. The Balaban J connectivity index is 2.09. The number of aromatic nitrogens is 2. The van der Waals surface area contributed by atoms with Gasteiger partial charge in [0, 0.05) is 31.1 Å². The van der Waals surface area contributed by atoms with Gasteiger partial charge in [0.05, 0.1) is 5.52 Å². The van der Waals surface area contributed by atoms with Gasteiger partial charge in [0.25, 0.3) is 0 Å². The molecule has 0 spiro atoms. The van der Waals surface area contributed by atoms with E-state index >= 15 is 0 Å². The number of rotatable bonds is 1. The molecule has 0 bridgehead atoms. The standard InChI is InChI=1S/C17H22N4O/c1-11-8-9-21(16(22)18-11)15-13-7-6-12(17(2,3)4)10-14(13)20(5)19-15/h6-7,10H,1,8-9H2,2-5H3,(H,18,22). The van der Waals surface area contributed by atoms with Gasteiger partial charge in [-0.25, -0.2) is 4.79 Å². The first-order valence-corrected chi connectivity index (χ1v) is 7.51. The van der Waals surface area contributed by atoms with Gasteiger partial charge in [0.15, 0.2) is 5.82 Å². The average Bonchev–Trinajstić information content (AvgIpc) is 2.75. The summed E-state index contributed by atoms with van der Waals surface area (Å²) < 4.78 is 1.84. The summed E-state index contributed by atoms with van der Waals surface area (Å²) in [5.74, 6) is 0.711. The number of benzene rings is 1. The molecule has 5 nitrogen and oxygen atoms in total. The van der Waals surface area contributed by atoms with E-state index in [1.54, 1.807) is 4.90 Å². The lowest BCUT2D eigenvalue weighted by Gasteiger charge is -2.27. The zero-order valence-electron chi connectivity index (χ0n) is 13.6. The Hall–Kier alpha value is -2.30. The van der Waals surface area contributed by atoms with Crippen molar-refractivity contribution in [1.29, 1.82) is 0 Å². The van der Waals surface area contributed by atoms with Crippen LogP contribution >= 0.6 is 0 Å². The van der Waals surface area contributed by atoms with Crippen LogP contribution in [0, 0.1) is 0 Å². The summed E-state index contributed by atoms with van der Waals surface area (Å²) in [4.78, 5) is 13.9. The smallest absolute Gasteiger partial charge is 0.312 e. The van der Waals surface area contributed by atoms with Crippen molar-refractivity contribution in [3.8, 4) is 0 Å². The molecule has 0 unspecified atom stereocenters. The molecule has 2 aromatic rings. The quantitative estimate of drug-likeness (QED) is 0.878. The van der Waals surface area contributed by atoms with Gasteiger partial charge in [-0.1, -0.05) is 33.4 Å². The summed E-state index contributed by atoms with van der Waals surface area (Å²) in [6.07, 6.45) is 0.740. The second-order valence-electron chi connectivity index (χ2n) is 6.86. The summed E-state index contributed by atoms with van der Waals surface area (Å²) in [6.45, 7) is 11.0.